The molecule has 0 radical (unpaired) electrons. The molecule has 1 aromatic carbocycles. The molecule has 2 aromatic rings. The Hall–Kier alpha value is -2.41. The number of aromatic nitrogens is 2. The summed E-state index contributed by atoms with van der Waals surface area (Å²) in [6.45, 7) is 5.95. The lowest BCUT2D eigenvalue weighted by molar-refractivity contribution is 0.411. The Balaban J connectivity index is 2.57. The molecule has 0 saturated carbocycles. The largest absolute Gasteiger partial charge is 0.496 e. The molecule has 0 atom stereocenters. The van der Waals surface area contributed by atoms with Gasteiger partial charge in [0.05, 0.1) is 25.3 Å². The number of hydrogen-bond acceptors (Lipinski definition) is 4. The van der Waals surface area contributed by atoms with Crippen LogP contribution in [0.15, 0.2) is 18.2 Å². The standard InChI is InChI=1S/C16H17N3O/c1-10-8-15(20-4)11(2)7-13(10)14-9-12(3)18-16(19-14)5-6-17/h7-9H,5H2,1-4H3. The van der Waals surface area contributed by atoms with Crippen LogP contribution in [0.2, 0.25) is 0 Å². The molecule has 20 heavy (non-hydrogen) atoms. The van der Waals surface area contributed by atoms with Gasteiger partial charge in [-0.1, -0.05) is 0 Å². The Morgan fingerprint density at radius 3 is 2.50 bits per heavy atom. The Kier molecular flexibility index (Phi) is 3.99. The summed E-state index contributed by atoms with van der Waals surface area (Å²) in [5, 5.41) is 8.79. The van der Waals surface area contributed by atoms with E-state index in [0.717, 1.165) is 33.8 Å². The number of rotatable bonds is 3. The van der Waals surface area contributed by atoms with E-state index in [1.165, 1.54) is 0 Å². The van der Waals surface area contributed by atoms with Crippen molar-refractivity contribution in [2.45, 2.75) is 27.2 Å². The second-order valence-electron chi connectivity index (χ2n) is 4.78. The zero-order chi connectivity index (χ0) is 14.7. The van der Waals surface area contributed by atoms with Crippen LogP contribution >= 0.6 is 0 Å². The van der Waals surface area contributed by atoms with E-state index >= 15 is 0 Å². The van der Waals surface area contributed by atoms with Crippen LogP contribution < -0.4 is 4.74 Å². The number of methoxy groups -OCH3 is 1. The molecule has 4 heteroatoms. The number of nitriles is 1. The first-order valence-corrected chi connectivity index (χ1v) is 6.42. The monoisotopic (exact) mass is 267 g/mol. The maximum atomic E-state index is 8.79. The van der Waals surface area contributed by atoms with E-state index in [-0.39, 0.29) is 6.42 Å². The molecule has 0 bridgehead atoms. The fourth-order valence-electron chi connectivity index (χ4n) is 2.20. The van der Waals surface area contributed by atoms with Gasteiger partial charge in [0.2, 0.25) is 0 Å². The molecule has 0 aliphatic rings. The number of nitrogens with zero attached hydrogens (tertiary/aromatic N) is 3. The minimum atomic E-state index is 0.225. The first-order chi connectivity index (χ1) is 9.55. The van der Waals surface area contributed by atoms with E-state index in [9.17, 15) is 0 Å². The Morgan fingerprint density at radius 1 is 1.10 bits per heavy atom. The van der Waals surface area contributed by atoms with Crippen molar-refractivity contribution in [2.24, 2.45) is 0 Å². The van der Waals surface area contributed by atoms with E-state index in [1.807, 2.05) is 32.9 Å². The van der Waals surface area contributed by atoms with Crippen molar-refractivity contribution in [1.82, 2.24) is 9.97 Å². The van der Waals surface area contributed by atoms with Gasteiger partial charge in [-0.25, -0.2) is 9.97 Å². The molecule has 0 aliphatic carbocycles. The van der Waals surface area contributed by atoms with E-state index < -0.39 is 0 Å². The summed E-state index contributed by atoms with van der Waals surface area (Å²) in [6, 6.07) is 8.10. The third-order valence-electron chi connectivity index (χ3n) is 3.16. The van der Waals surface area contributed by atoms with Gasteiger partial charge < -0.3 is 4.74 Å². The lowest BCUT2D eigenvalue weighted by Crippen LogP contribution is -2.00. The molecule has 0 unspecified atom stereocenters. The Bertz CT molecular complexity index is 687. The molecule has 0 amide bonds. The van der Waals surface area contributed by atoms with Gasteiger partial charge >= 0.3 is 0 Å². The number of benzene rings is 1. The average molecular weight is 267 g/mol. The van der Waals surface area contributed by atoms with Crippen LogP contribution in [0, 0.1) is 32.1 Å². The van der Waals surface area contributed by atoms with Crippen molar-refractivity contribution in [1.29, 1.82) is 5.26 Å². The highest BCUT2D eigenvalue weighted by Gasteiger charge is 2.10. The third-order valence-corrected chi connectivity index (χ3v) is 3.16. The van der Waals surface area contributed by atoms with Crippen LogP contribution in [0.5, 0.6) is 5.75 Å². The highest BCUT2D eigenvalue weighted by molar-refractivity contribution is 5.66. The van der Waals surface area contributed by atoms with Crippen molar-refractivity contribution in [3.05, 3.63) is 40.8 Å². The molecule has 102 valence electrons. The van der Waals surface area contributed by atoms with Gasteiger partial charge in [-0.05, 0) is 50.1 Å². The van der Waals surface area contributed by atoms with Crippen molar-refractivity contribution >= 4 is 0 Å². The highest BCUT2D eigenvalue weighted by Crippen LogP contribution is 2.29. The summed E-state index contributed by atoms with van der Waals surface area (Å²) in [6.07, 6.45) is 0.225. The zero-order valence-electron chi connectivity index (χ0n) is 12.2. The number of ether oxygens (including phenoxy) is 1. The maximum absolute atomic E-state index is 8.79. The van der Waals surface area contributed by atoms with Gasteiger partial charge in [0, 0.05) is 11.3 Å². The first-order valence-electron chi connectivity index (χ1n) is 6.42. The second-order valence-corrected chi connectivity index (χ2v) is 4.78. The Morgan fingerprint density at radius 2 is 1.85 bits per heavy atom. The SMILES string of the molecule is COc1cc(C)c(-c2cc(C)nc(CC#N)n2)cc1C. The fourth-order valence-corrected chi connectivity index (χ4v) is 2.20. The minimum absolute atomic E-state index is 0.225. The lowest BCUT2D eigenvalue weighted by Gasteiger charge is -2.12. The quantitative estimate of drug-likeness (QED) is 0.857. The molecule has 0 spiro atoms. The highest BCUT2D eigenvalue weighted by atomic mass is 16.5. The molecular weight excluding hydrogens is 250 g/mol. The molecule has 1 heterocycles. The molecular formula is C16H17N3O. The van der Waals surface area contributed by atoms with Gasteiger partial charge in [-0.15, -0.1) is 0 Å². The number of aryl methyl sites for hydroxylation is 3. The van der Waals surface area contributed by atoms with Crippen LogP contribution in [-0.4, -0.2) is 17.1 Å². The normalized spacial score (nSPS) is 10.2. The van der Waals surface area contributed by atoms with Crippen LogP contribution in [0.1, 0.15) is 22.6 Å². The van der Waals surface area contributed by atoms with Crippen LogP contribution in [-0.2, 0) is 6.42 Å². The lowest BCUT2D eigenvalue weighted by atomic mass is 10.0. The first kappa shape index (κ1) is 14.0. The summed E-state index contributed by atoms with van der Waals surface area (Å²) >= 11 is 0. The predicted molar refractivity (Wildman–Crippen MR) is 77.5 cm³/mol. The summed E-state index contributed by atoms with van der Waals surface area (Å²) in [7, 11) is 1.67. The van der Waals surface area contributed by atoms with Gasteiger partial charge in [0.1, 0.15) is 11.6 Å². The van der Waals surface area contributed by atoms with Gasteiger partial charge in [0.25, 0.3) is 0 Å². The maximum Gasteiger partial charge on any atom is 0.143 e. The summed E-state index contributed by atoms with van der Waals surface area (Å²) in [4.78, 5) is 8.75. The molecule has 4 nitrogen and oxygen atoms in total. The summed E-state index contributed by atoms with van der Waals surface area (Å²) in [5.74, 6) is 1.43. The van der Waals surface area contributed by atoms with Gasteiger partial charge in [-0.3, -0.25) is 0 Å². The van der Waals surface area contributed by atoms with Crippen molar-refractivity contribution in [2.75, 3.05) is 7.11 Å². The van der Waals surface area contributed by atoms with Gasteiger partial charge in [0.15, 0.2) is 0 Å². The predicted octanol–water partition coefficient (Wildman–Crippen LogP) is 3.14. The van der Waals surface area contributed by atoms with Crippen LogP contribution in [0.25, 0.3) is 11.3 Å². The van der Waals surface area contributed by atoms with Gasteiger partial charge in [-0.2, -0.15) is 5.26 Å². The van der Waals surface area contributed by atoms with Crippen molar-refractivity contribution in [3.8, 4) is 23.1 Å². The fraction of sp³-hybridized carbons (Fsp3) is 0.312. The average Bonchev–Trinajstić information content (AvgIpc) is 2.40. The van der Waals surface area contributed by atoms with E-state index in [4.69, 9.17) is 10.00 Å². The Labute approximate surface area is 119 Å². The molecule has 0 fully saturated rings. The minimum Gasteiger partial charge on any atom is -0.496 e. The molecule has 2 rings (SSSR count). The van der Waals surface area contributed by atoms with E-state index in [1.54, 1.807) is 7.11 Å². The molecule has 1 aromatic heterocycles. The van der Waals surface area contributed by atoms with Crippen LogP contribution in [0.4, 0.5) is 0 Å². The topological polar surface area (TPSA) is 58.8 Å². The summed E-state index contributed by atoms with van der Waals surface area (Å²) < 4.78 is 5.33. The number of hydrogen-bond donors (Lipinski definition) is 0. The van der Waals surface area contributed by atoms with E-state index in [0.29, 0.717) is 5.82 Å². The molecule has 0 saturated heterocycles. The summed E-state index contributed by atoms with van der Waals surface area (Å²) in [5.41, 5.74) is 4.92. The van der Waals surface area contributed by atoms with Crippen LogP contribution in [0.3, 0.4) is 0 Å². The molecule has 0 aliphatic heterocycles. The second kappa shape index (κ2) is 5.70. The smallest absolute Gasteiger partial charge is 0.143 e. The zero-order valence-corrected chi connectivity index (χ0v) is 12.2. The van der Waals surface area contributed by atoms with Crippen molar-refractivity contribution < 1.29 is 4.74 Å². The molecule has 0 N–H and O–H groups in total. The van der Waals surface area contributed by atoms with E-state index in [2.05, 4.69) is 22.1 Å². The van der Waals surface area contributed by atoms with Crippen molar-refractivity contribution in [3.63, 3.8) is 0 Å². The third kappa shape index (κ3) is 2.77.